The van der Waals surface area contributed by atoms with Crippen molar-refractivity contribution in [3.05, 3.63) is 12.0 Å². The largest absolute Gasteiger partial charge is 0.476 e. The summed E-state index contributed by atoms with van der Waals surface area (Å²) >= 11 is 0. The molecule has 0 aromatic carbocycles. The monoisotopic (exact) mass is 212 g/mol. The molecule has 0 bridgehead atoms. The first kappa shape index (κ1) is 9.97. The van der Waals surface area contributed by atoms with Gasteiger partial charge in [-0.2, -0.15) is 4.98 Å². The van der Waals surface area contributed by atoms with Crippen LogP contribution in [0, 0.1) is 5.41 Å². The van der Waals surface area contributed by atoms with Crippen LogP contribution in [-0.4, -0.2) is 34.3 Å². The predicted octanol–water partition coefficient (Wildman–Crippen LogP) is 0.557. The summed E-state index contributed by atoms with van der Waals surface area (Å²) in [6.07, 6.45) is 3.04. The predicted molar refractivity (Wildman–Crippen MR) is 50.7 cm³/mol. The van der Waals surface area contributed by atoms with Gasteiger partial charge in [0, 0.05) is 12.0 Å². The van der Waals surface area contributed by atoms with E-state index in [4.69, 9.17) is 14.6 Å². The molecular weight excluding hydrogens is 200 g/mol. The molecule has 1 aromatic rings. The minimum atomic E-state index is -1.12. The molecule has 1 heterocycles. The van der Waals surface area contributed by atoms with Crippen LogP contribution in [-0.2, 0) is 0 Å². The van der Waals surface area contributed by atoms with Crippen LogP contribution in [0.15, 0.2) is 10.7 Å². The fourth-order valence-electron chi connectivity index (χ4n) is 1.28. The third kappa shape index (κ3) is 2.10. The number of aliphatic hydroxyl groups is 1. The number of hydrogen-bond donors (Lipinski definition) is 3. The van der Waals surface area contributed by atoms with Crippen LogP contribution in [0.25, 0.3) is 0 Å². The zero-order valence-corrected chi connectivity index (χ0v) is 8.06. The molecule has 82 valence electrons. The minimum absolute atomic E-state index is 0.0577. The standard InChI is InChI=1S/C9H12N2O4/c12-5-9(1-2-9)4-10-8-11-6(3-15-8)7(13)14/h3,12H,1-2,4-5H2,(H,10,11)(H,13,14). The Balaban J connectivity index is 1.91. The van der Waals surface area contributed by atoms with Gasteiger partial charge in [-0.15, -0.1) is 0 Å². The second kappa shape index (κ2) is 3.54. The van der Waals surface area contributed by atoms with Gasteiger partial charge >= 0.3 is 5.97 Å². The number of carbonyl (C=O) groups is 1. The second-order valence-corrected chi connectivity index (χ2v) is 3.85. The zero-order valence-electron chi connectivity index (χ0n) is 8.06. The highest BCUT2D eigenvalue weighted by atomic mass is 16.4. The molecule has 0 aliphatic heterocycles. The maximum atomic E-state index is 10.5. The van der Waals surface area contributed by atoms with Gasteiger partial charge in [0.25, 0.3) is 6.01 Å². The van der Waals surface area contributed by atoms with Crippen LogP contribution < -0.4 is 5.32 Å². The zero-order chi connectivity index (χ0) is 10.9. The fraction of sp³-hybridized carbons (Fsp3) is 0.556. The smallest absolute Gasteiger partial charge is 0.357 e. The number of oxazole rings is 1. The van der Waals surface area contributed by atoms with Crippen molar-refractivity contribution in [3.8, 4) is 0 Å². The van der Waals surface area contributed by atoms with Gasteiger partial charge in [0.2, 0.25) is 0 Å². The first-order chi connectivity index (χ1) is 7.15. The summed E-state index contributed by atoms with van der Waals surface area (Å²) < 4.78 is 4.91. The molecule has 6 nitrogen and oxygen atoms in total. The van der Waals surface area contributed by atoms with E-state index in [2.05, 4.69) is 10.3 Å². The lowest BCUT2D eigenvalue weighted by Gasteiger charge is -2.10. The van der Waals surface area contributed by atoms with Crippen LogP contribution in [0.5, 0.6) is 0 Å². The van der Waals surface area contributed by atoms with Crippen LogP contribution in [0.2, 0.25) is 0 Å². The van der Waals surface area contributed by atoms with Crippen molar-refractivity contribution in [2.75, 3.05) is 18.5 Å². The molecule has 1 aliphatic rings. The van der Waals surface area contributed by atoms with Crippen LogP contribution in [0.3, 0.4) is 0 Å². The molecule has 1 aliphatic carbocycles. The quantitative estimate of drug-likeness (QED) is 0.660. The number of rotatable bonds is 5. The molecule has 15 heavy (non-hydrogen) atoms. The Morgan fingerprint density at radius 2 is 2.40 bits per heavy atom. The number of carboxylic acids is 1. The summed E-state index contributed by atoms with van der Waals surface area (Å²) in [4.78, 5) is 14.2. The average Bonchev–Trinajstić information content (AvgIpc) is 2.85. The average molecular weight is 212 g/mol. The molecule has 0 amide bonds. The number of aromatic carboxylic acids is 1. The van der Waals surface area contributed by atoms with E-state index in [1.165, 1.54) is 0 Å². The number of anilines is 1. The first-order valence-corrected chi connectivity index (χ1v) is 4.69. The highest BCUT2D eigenvalue weighted by Gasteiger charge is 2.41. The van der Waals surface area contributed by atoms with E-state index in [1.54, 1.807) is 0 Å². The van der Waals surface area contributed by atoms with E-state index in [1.807, 2.05) is 0 Å². The third-order valence-corrected chi connectivity index (χ3v) is 2.63. The lowest BCUT2D eigenvalue weighted by Crippen LogP contribution is -2.19. The highest BCUT2D eigenvalue weighted by Crippen LogP contribution is 2.44. The van der Waals surface area contributed by atoms with E-state index in [0.717, 1.165) is 19.1 Å². The van der Waals surface area contributed by atoms with Gasteiger partial charge in [-0.1, -0.05) is 0 Å². The van der Waals surface area contributed by atoms with Gasteiger partial charge in [0.1, 0.15) is 6.26 Å². The van der Waals surface area contributed by atoms with E-state index < -0.39 is 5.97 Å². The van der Waals surface area contributed by atoms with Crippen molar-refractivity contribution in [3.63, 3.8) is 0 Å². The number of nitrogens with one attached hydrogen (secondary N) is 1. The van der Waals surface area contributed by atoms with Crippen LogP contribution in [0.4, 0.5) is 6.01 Å². The van der Waals surface area contributed by atoms with Crippen molar-refractivity contribution in [1.29, 1.82) is 0 Å². The number of aliphatic hydroxyl groups excluding tert-OH is 1. The molecule has 1 aromatic heterocycles. The number of carboxylic acid groups (broad SMARTS) is 1. The highest BCUT2D eigenvalue weighted by molar-refractivity contribution is 5.85. The van der Waals surface area contributed by atoms with Crippen LogP contribution >= 0.6 is 0 Å². The molecule has 2 rings (SSSR count). The Morgan fingerprint density at radius 3 is 2.87 bits per heavy atom. The Bertz CT molecular complexity index is 370. The van der Waals surface area contributed by atoms with Crippen molar-refractivity contribution in [1.82, 2.24) is 4.98 Å². The number of nitrogens with zero attached hydrogens (tertiary/aromatic N) is 1. The number of aromatic nitrogens is 1. The molecular formula is C9H12N2O4. The van der Waals surface area contributed by atoms with E-state index in [0.29, 0.717) is 6.54 Å². The molecule has 0 unspecified atom stereocenters. The maximum absolute atomic E-state index is 10.5. The van der Waals surface area contributed by atoms with Crippen molar-refractivity contribution < 1.29 is 19.4 Å². The molecule has 6 heteroatoms. The summed E-state index contributed by atoms with van der Waals surface area (Å²) in [5.74, 6) is -1.12. The van der Waals surface area contributed by atoms with Gasteiger partial charge in [-0.25, -0.2) is 4.79 Å². The Hall–Kier alpha value is -1.56. The molecule has 1 saturated carbocycles. The Labute approximate surface area is 85.9 Å². The summed E-state index contributed by atoms with van der Waals surface area (Å²) in [6.45, 7) is 0.690. The van der Waals surface area contributed by atoms with Gasteiger partial charge in [0.15, 0.2) is 5.69 Å². The molecule has 0 saturated heterocycles. The maximum Gasteiger partial charge on any atom is 0.357 e. The second-order valence-electron chi connectivity index (χ2n) is 3.85. The van der Waals surface area contributed by atoms with Crippen LogP contribution in [0.1, 0.15) is 23.3 Å². The lowest BCUT2D eigenvalue weighted by atomic mass is 10.1. The molecule has 0 radical (unpaired) electrons. The van der Waals surface area contributed by atoms with E-state index in [9.17, 15) is 4.79 Å². The van der Waals surface area contributed by atoms with Gasteiger partial charge in [-0.05, 0) is 12.8 Å². The SMILES string of the molecule is O=C(O)c1coc(NCC2(CO)CC2)n1. The molecule has 1 fully saturated rings. The summed E-state index contributed by atoms with van der Waals surface area (Å²) in [5, 5.41) is 20.5. The van der Waals surface area contributed by atoms with Crippen molar-refractivity contribution >= 4 is 12.0 Å². The summed E-state index contributed by atoms with van der Waals surface area (Å²) in [5.41, 5.74) is -0.177. The molecule has 0 atom stereocenters. The van der Waals surface area contributed by atoms with Crippen molar-refractivity contribution in [2.24, 2.45) is 5.41 Å². The van der Waals surface area contributed by atoms with E-state index in [-0.39, 0.29) is 23.7 Å². The third-order valence-electron chi connectivity index (χ3n) is 2.63. The first-order valence-electron chi connectivity index (χ1n) is 4.69. The van der Waals surface area contributed by atoms with Gasteiger partial charge in [-0.3, -0.25) is 0 Å². The Kier molecular flexibility index (Phi) is 2.36. The lowest BCUT2D eigenvalue weighted by molar-refractivity contribution is 0.0690. The van der Waals surface area contributed by atoms with Gasteiger partial charge in [0.05, 0.1) is 6.61 Å². The fourth-order valence-corrected chi connectivity index (χ4v) is 1.28. The normalized spacial score (nSPS) is 17.4. The van der Waals surface area contributed by atoms with Gasteiger partial charge < -0.3 is 19.9 Å². The molecule has 0 spiro atoms. The topological polar surface area (TPSA) is 95.6 Å². The van der Waals surface area contributed by atoms with E-state index >= 15 is 0 Å². The number of hydrogen-bond acceptors (Lipinski definition) is 5. The summed E-state index contributed by atoms with van der Waals surface area (Å²) in [6, 6.07) is 0.187. The minimum Gasteiger partial charge on any atom is -0.476 e. The Morgan fingerprint density at radius 1 is 1.67 bits per heavy atom. The van der Waals surface area contributed by atoms with Crippen molar-refractivity contribution in [2.45, 2.75) is 12.8 Å². The summed E-state index contributed by atoms with van der Waals surface area (Å²) in [7, 11) is 0. The molecule has 3 N–H and O–H groups in total.